The number of halogens is 1. The number of benzene rings is 2. The van der Waals surface area contributed by atoms with E-state index in [9.17, 15) is 4.79 Å². The van der Waals surface area contributed by atoms with Crippen LogP contribution < -0.4 is 4.90 Å². The van der Waals surface area contributed by atoms with E-state index in [1.165, 1.54) is 10.6 Å². The summed E-state index contributed by atoms with van der Waals surface area (Å²) in [5.74, 6) is -0.373. The SMILES string of the molecule is COCCOC(=O)c1ccc2c(c1)ncn2-c1cccc(N2CCN(Cc3ccc(Cl)s3)CC2)c1. The fourth-order valence-corrected chi connectivity index (χ4v) is 5.44. The predicted octanol–water partition coefficient (Wildman–Crippen LogP) is 4.87. The molecule has 9 heteroatoms. The molecule has 1 aliphatic rings. The molecular weight excluding hydrogens is 484 g/mol. The molecule has 7 nitrogen and oxygen atoms in total. The number of anilines is 1. The molecule has 0 radical (unpaired) electrons. The van der Waals surface area contributed by atoms with Crippen molar-refractivity contribution in [3.05, 3.63) is 75.7 Å². The maximum atomic E-state index is 12.3. The smallest absolute Gasteiger partial charge is 0.338 e. The normalized spacial score (nSPS) is 14.5. The number of esters is 1. The first kappa shape index (κ1) is 23.8. The zero-order valence-corrected chi connectivity index (χ0v) is 21.1. The second-order valence-electron chi connectivity index (χ2n) is 8.44. The van der Waals surface area contributed by atoms with E-state index in [1.54, 1.807) is 36.9 Å². The van der Waals surface area contributed by atoms with E-state index in [1.807, 2.05) is 12.1 Å². The van der Waals surface area contributed by atoms with Gasteiger partial charge in [0.25, 0.3) is 0 Å². The summed E-state index contributed by atoms with van der Waals surface area (Å²) in [5.41, 5.74) is 4.40. The Bertz CT molecular complexity index is 1310. The topological polar surface area (TPSA) is 59.8 Å². The van der Waals surface area contributed by atoms with Crippen molar-refractivity contribution in [1.82, 2.24) is 14.5 Å². The van der Waals surface area contributed by atoms with Crippen LogP contribution in [0.5, 0.6) is 0 Å². The third-order valence-corrected chi connectivity index (χ3v) is 7.37. The first-order chi connectivity index (χ1) is 17.1. The molecule has 3 heterocycles. The molecule has 0 amide bonds. The van der Waals surface area contributed by atoms with E-state index in [0.717, 1.165) is 53.8 Å². The molecule has 35 heavy (non-hydrogen) atoms. The van der Waals surface area contributed by atoms with Crippen LogP contribution in [0.25, 0.3) is 16.7 Å². The van der Waals surface area contributed by atoms with Crippen LogP contribution in [0.1, 0.15) is 15.2 Å². The number of fused-ring (bicyclic) bond motifs is 1. The summed E-state index contributed by atoms with van der Waals surface area (Å²) in [6.45, 7) is 5.52. The zero-order chi connectivity index (χ0) is 24.2. The Labute approximate surface area is 213 Å². The van der Waals surface area contributed by atoms with Crippen molar-refractivity contribution in [2.24, 2.45) is 0 Å². The Kier molecular flexibility index (Phi) is 7.34. The van der Waals surface area contributed by atoms with E-state index < -0.39 is 0 Å². The van der Waals surface area contributed by atoms with E-state index >= 15 is 0 Å². The molecule has 0 N–H and O–H groups in total. The lowest BCUT2D eigenvalue weighted by Gasteiger charge is -2.36. The molecule has 4 aromatic rings. The lowest BCUT2D eigenvalue weighted by atomic mass is 10.2. The van der Waals surface area contributed by atoms with Crippen LogP contribution in [0, 0.1) is 0 Å². The van der Waals surface area contributed by atoms with Crippen molar-refractivity contribution in [2.45, 2.75) is 6.54 Å². The first-order valence-electron chi connectivity index (χ1n) is 11.6. The Morgan fingerprint density at radius 1 is 1.03 bits per heavy atom. The molecule has 0 atom stereocenters. The highest BCUT2D eigenvalue weighted by molar-refractivity contribution is 7.16. The van der Waals surface area contributed by atoms with Gasteiger partial charge in [-0.3, -0.25) is 9.47 Å². The van der Waals surface area contributed by atoms with Crippen LogP contribution in [0.15, 0.2) is 60.9 Å². The molecular formula is C26H27ClN4O3S. The number of imidazole rings is 1. The highest BCUT2D eigenvalue weighted by Gasteiger charge is 2.19. The zero-order valence-electron chi connectivity index (χ0n) is 19.5. The van der Waals surface area contributed by atoms with E-state index in [-0.39, 0.29) is 12.6 Å². The standard InChI is InChI=1S/C26H27ClN4O3S/c1-33-13-14-34-26(32)19-5-7-24-23(15-19)28-18-31(24)21-4-2-3-20(16-21)30-11-9-29(10-12-30)17-22-6-8-25(27)35-22/h2-8,15-16,18H,9-14,17H2,1H3. The third-order valence-electron chi connectivity index (χ3n) is 6.16. The van der Waals surface area contributed by atoms with Gasteiger partial charge in [0.05, 0.1) is 27.5 Å². The highest BCUT2D eigenvalue weighted by atomic mass is 35.5. The largest absolute Gasteiger partial charge is 0.460 e. The summed E-state index contributed by atoms with van der Waals surface area (Å²) in [7, 11) is 1.57. The van der Waals surface area contributed by atoms with Crippen LogP contribution in [0.3, 0.4) is 0 Å². The molecule has 5 rings (SSSR count). The first-order valence-corrected chi connectivity index (χ1v) is 12.8. The minimum atomic E-state index is -0.373. The summed E-state index contributed by atoms with van der Waals surface area (Å²) in [4.78, 5) is 23.0. The number of methoxy groups -OCH3 is 1. The molecule has 182 valence electrons. The fraction of sp³-hybridized carbons (Fsp3) is 0.308. The number of thiophene rings is 1. The maximum Gasteiger partial charge on any atom is 0.338 e. The molecule has 1 saturated heterocycles. The molecule has 2 aromatic carbocycles. The minimum absolute atomic E-state index is 0.227. The monoisotopic (exact) mass is 510 g/mol. The minimum Gasteiger partial charge on any atom is -0.460 e. The molecule has 0 saturated carbocycles. The van der Waals surface area contributed by atoms with Crippen LogP contribution in [-0.2, 0) is 16.0 Å². The van der Waals surface area contributed by atoms with Crippen molar-refractivity contribution >= 4 is 45.6 Å². The number of carbonyl (C=O) groups is 1. The van der Waals surface area contributed by atoms with Crippen LogP contribution >= 0.6 is 22.9 Å². The number of ether oxygens (including phenoxy) is 2. The van der Waals surface area contributed by atoms with E-state index in [0.29, 0.717) is 12.2 Å². The van der Waals surface area contributed by atoms with Crippen LogP contribution in [0.4, 0.5) is 5.69 Å². The summed E-state index contributed by atoms with van der Waals surface area (Å²) >= 11 is 7.74. The van der Waals surface area contributed by atoms with E-state index in [2.05, 4.69) is 49.7 Å². The van der Waals surface area contributed by atoms with Gasteiger partial charge in [0.1, 0.15) is 12.9 Å². The van der Waals surface area contributed by atoms with Crippen molar-refractivity contribution in [1.29, 1.82) is 0 Å². The number of carbonyl (C=O) groups excluding carboxylic acids is 1. The van der Waals surface area contributed by atoms with Gasteiger partial charge in [0, 0.05) is 56.1 Å². The van der Waals surface area contributed by atoms with Crippen molar-refractivity contribution in [2.75, 3.05) is 51.4 Å². The molecule has 0 bridgehead atoms. The molecule has 0 unspecified atom stereocenters. The molecule has 0 aliphatic carbocycles. The summed E-state index contributed by atoms with van der Waals surface area (Å²) in [6, 6.07) is 18.1. The Morgan fingerprint density at radius 3 is 2.63 bits per heavy atom. The van der Waals surface area contributed by atoms with Gasteiger partial charge in [-0.25, -0.2) is 9.78 Å². The van der Waals surface area contributed by atoms with Crippen molar-refractivity contribution < 1.29 is 14.3 Å². The van der Waals surface area contributed by atoms with Gasteiger partial charge < -0.3 is 14.4 Å². The average molecular weight is 511 g/mol. The lowest BCUT2D eigenvalue weighted by molar-refractivity contribution is 0.0388. The molecule has 1 aliphatic heterocycles. The number of hydrogen-bond donors (Lipinski definition) is 0. The maximum absolute atomic E-state index is 12.3. The van der Waals surface area contributed by atoms with Crippen molar-refractivity contribution in [3.8, 4) is 5.69 Å². The van der Waals surface area contributed by atoms with Crippen LogP contribution in [-0.4, -0.2) is 66.9 Å². The third kappa shape index (κ3) is 5.51. The van der Waals surface area contributed by atoms with Gasteiger partial charge >= 0.3 is 5.97 Å². The van der Waals surface area contributed by atoms with Gasteiger partial charge in [-0.05, 0) is 48.5 Å². The van der Waals surface area contributed by atoms with E-state index in [4.69, 9.17) is 21.1 Å². The fourth-order valence-electron chi connectivity index (χ4n) is 4.31. The van der Waals surface area contributed by atoms with Gasteiger partial charge in [-0.15, -0.1) is 11.3 Å². The van der Waals surface area contributed by atoms with Gasteiger partial charge in [0.15, 0.2) is 0 Å². The summed E-state index contributed by atoms with van der Waals surface area (Å²) < 4.78 is 13.1. The quantitative estimate of drug-likeness (QED) is 0.249. The summed E-state index contributed by atoms with van der Waals surface area (Å²) in [6.07, 6.45) is 1.80. The predicted molar refractivity (Wildman–Crippen MR) is 140 cm³/mol. The Morgan fingerprint density at radius 2 is 1.86 bits per heavy atom. The van der Waals surface area contributed by atoms with Crippen molar-refractivity contribution in [3.63, 3.8) is 0 Å². The second-order valence-corrected chi connectivity index (χ2v) is 10.2. The van der Waals surface area contributed by atoms with Gasteiger partial charge in [-0.1, -0.05) is 17.7 Å². The van der Waals surface area contributed by atoms with Gasteiger partial charge in [-0.2, -0.15) is 0 Å². The second kappa shape index (κ2) is 10.8. The highest BCUT2D eigenvalue weighted by Crippen LogP contribution is 2.26. The number of rotatable bonds is 8. The van der Waals surface area contributed by atoms with Gasteiger partial charge in [0.2, 0.25) is 0 Å². The number of hydrogen-bond acceptors (Lipinski definition) is 7. The number of piperazine rings is 1. The Hall–Kier alpha value is -2.91. The Balaban J connectivity index is 1.27. The number of nitrogens with zero attached hydrogens (tertiary/aromatic N) is 4. The molecule has 2 aromatic heterocycles. The molecule has 1 fully saturated rings. The average Bonchev–Trinajstić information content (AvgIpc) is 3.50. The van der Waals surface area contributed by atoms with Crippen LogP contribution in [0.2, 0.25) is 4.34 Å². The summed E-state index contributed by atoms with van der Waals surface area (Å²) in [5, 5.41) is 0. The molecule has 0 spiro atoms. The number of aromatic nitrogens is 2. The lowest BCUT2D eigenvalue weighted by Crippen LogP contribution is -2.45.